The number of aromatic nitrogens is 1. The van der Waals surface area contributed by atoms with E-state index < -0.39 is 30.1 Å². The zero-order valence-corrected chi connectivity index (χ0v) is 14.4. The number of aliphatic carboxylic acids is 1. The minimum absolute atomic E-state index is 0.0188. The van der Waals surface area contributed by atoms with Crippen molar-refractivity contribution in [2.24, 2.45) is 5.16 Å². The molecule has 1 aromatic heterocycles. The molecule has 2 atom stereocenters. The van der Waals surface area contributed by atoms with Crippen LogP contribution >= 0.6 is 11.3 Å². The molecule has 1 fully saturated rings. The van der Waals surface area contributed by atoms with Crippen molar-refractivity contribution >= 4 is 40.0 Å². The van der Waals surface area contributed by atoms with Crippen molar-refractivity contribution in [2.45, 2.75) is 19.2 Å². The number of oxime groups is 1. The third-order valence-electron chi connectivity index (χ3n) is 3.62. The van der Waals surface area contributed by atoms with Crippen molar-refractivity contribution in [3.8, 4) is 0 Å². The lowest BCUT2D eigenvalue weighted by molar-refractivity contribution is -0.183. The van der Waals surface area contributed by atoms with Crippen LogP contribution < -0.4 is 11.1 Å². The first-order valence-electron chi connectivity index (χ1n) is 7.54. The van der Waals surface area contributed by atoms with Gasteiger partial charge in [-0.05, 0) is 13.0 Å². The first-order valence-corrected chi connectivity index (χ1v) is 8.42. The van der Waals surface area contributed by atoms with Gasteiger partial charge in [-0.25, -0.2) is 9.78 Å². The summed E-state index contributed by atoms with van der Waals surface area (Å²) in [7, 11) is 0. The van der Waals surface area contributed by atoms with E-state index in [0.29, 0.717) is 0 Å². The Labute approximate surface area is 151 Å². The molecule has 12 heteroatoms. The number of anilines is 1. The number of amides is 2. The lowest BCUT2D eigenvalue weighted by Gasteiger charge is -2.47. The molecule has 3 rings (SSSR count). The Morgan fingerprint density at radius 3 is 3.00 bits per heavy atom. The molecule has 4 N–H and O–H groups in total. The first kappa shape index (κ1) is 17.8. The van der Waals surface area contributed by atoms with Crippen LogP contribution in [0.25, 0.3) is 0 Å². The maximum atomic E-state index is 12.5. The van der Waals surface area contributed by atoms with Crippen LogP contribution in [0.5, 0.6) is 0 Å². The topological polar surface area (TPSA) is 156 Å². The molecule has 1 aromatic rings. The van der Waals surface area contributed by atoms with Crippen LogP contribution in [0, 0.1) is 0 Å². The zero-order valence-electron chi connectivity index (χ0n) is 13.5. The molecule has 2 amide bonds. The predicted molar refractivity (Wildman–Crippen MR) is 88.9 cm³/mol. The number of carboxylic acid groups (broad SMARTS) is 1. The molecule has 3 heterocycles. The highest BCUT2D eigenvalue weighted by Gasteiger charge is 2.53. The number of ether oxygens (including phenoxy) is 1. The van der Waals surface area contributed by atoms with Gasteiger partial charge in [0.2, 0.25) is 0 Å². The molecular weight excluding hydrogens is 366 g/mol. The molecule has 0 aliphatic carbocycles. The van der Waals surface area contributed by atoms with Crippen LogP contribution in [0.15, 0.2) is 22.3 Å². The molecule has 0 unspecified atom stereocenters. The van der Waals surface area contributed by atoms with Gasteiger partial charge < -0.3 is 25.7 Å². The van der Waals surface area contributed by atoms with Gasteiger partial charge in [0, 0.05) is 5.38 Å². The van der Waals surface area contributed by atoms with E-state index in [-0.39, 0.29) is 35.4 Å². The minimum Gasteiger partial charge on any atom is -0.477 e. The molecule has 0 saturated carbocycles. The van der Waals surface area contributed by atoms with E-state index in [9.17, 15) is 14.4 Å². The summed E-state index contributed by atoms with van der Waals surface area (Å²) in [6.07, 6.45) is 0.394. The number of carbonyl (C=O) groups is 3. The van der Waals surface area contributed by atoms with E-state index in [4.69, 9.17) is 20.4 Å². The summed E-state index contributed by atoms with van der Waals surface area (Å²) >= 11 is 1.12. The summed E-state index contributed by atoms with van der Waals surface area (Å²) < 4.78 is 5.36. The molecule has 138 valence electrons. The number of hydrogen-bond donors (Lipinski definition) is 3. The van der Waals surface area contributed by atoms with Gasteiger partial charge in [-0.15, -0.1) is 11.3 Å². The van der Waals surface area contributed by atoms with Gasteiger partial charge in [-0.2, -0.15) is 0 Å². The second-order valence-corrected chi connectivity index (χ2v) is 6.10. The number of nitrogens with two attached hydrogens (primary N) is 1. The standard InChI is InChI=1S/C14H15N5O6S/c1-2-25-18-8(6-5-26-14(15)16-6)10(20)17-9-11(21)19-7(13(22)23)3-4-24-12(9)19/h3,5,9,12H,2,4H2,1H3,(H2,15,16)(H,17,20)(H,22,23)/b18-8-/t9-,12-/m1/s1. The Bertz CT molecular complexity index is 819. The summed E-state index contributed by atoms with van der Waals surface area (Å²) in [6, 6.07) is -1.03. The van der Waals surface area contributed by atoms with E-state index in [1.807, 2.05) is 0 Å². The maximum Gasteiger partial charge on any atom is 0.352 e. The summed E-state index contributed by atoms with van der Waals surface area (Å²) in [5.41, 5.74) is 5.46. The number of carboxylic acids is 1. The molecular formula is C14H15N5O6S. The summed E-state index contributed by atoms with van der Waals surface area (Å²) in [6.45, 7) is 1.94. The molecule has 26 heavy (non-hydrogen) atoms. The Morgan fingerprint density at radius 2 is 2.38 bits per heavy atom. The van der Waals surface area contributed by atoms with Crippen molar-refractivity contribution in [1.82, 2.24) is 15.2 Å². The van der Waals surface area contributed by atoms with Gasteiger partial charge in [-0.3, -0.25) is 14.5 Å². The van der Waals surface area contributed by atoms with Crippen LogP contribution in [0.1, 0.15) is 12.6 Å². The molecule has 0 aromatic carbocycles. The second kappa shape index (κ2) is 7.09. The van der Waals surface area contributed by atoms with Gasteiger partial charge in [0.1, 0.15) is 18.0 Å². The smallest absolute Gasteiger partial charge is 0.352 e. The fourth-order valence-electron chi connectivity index (χ4n) is 2.48. The predicted octanol–water partition coefficient (Wildman–Crippen LogP) is -0.882. The zero-order chi connectivity index (χ0) is 18.8. The van der Waals surface area contributed by atoms with E-state index in [1.165, 1.54) is 11.5 Å². The average Bonchev–Trinajstić information content (AvgIpc) is 3.05. The Hall–Kier alpha value is -2.99. The third-order valence-corrected chi connectivity index (χ3v) is 4.29. The van der Waals surface area contributed by atoms with Gasteiger partial charge in [0.05, 0.1) is 6.61 Å². The lowest BCUT2D eigenvalue weighted by Crippen LogP contribution is -2.72. The molecule has 2 aliphatic heterocycles. The number of β-lactam (4-membered cyclic amide) rings is 1. The number of fused-ring (bicyclic) bond motifs is 1. The Balaban J connectivity index is 1.76. The Morgan fingerprint density at radius 1 is 1.62 bits per heavy atom. The number of thiazole rings is 1. The highest BCUT2D eigenvalue weighted by atomic mass is 32.1. The highest BCUT2D eigenvalue weighted by Crippen LogP contribution is 2.29. The van der Waals surface area contributed by atoms with Crippen LogP contribution in [0.4, 0.5) is 5.13 Å². The molecule has 11 nitrogen and oxygen atoms in total. The number of nitrogens with zero attached hydrogens (tertiary/aromatic N) is 3. The number of carbonyl (C=O) groups excluding carboxylic acids is 2. The third kappa shape index (κ3) is 3.11. The summed E-state index contributed by atoms with van der Waals surface area (Å²) in [5, 5.41) is 17.1. The van der Waals surface area contributed by atoms with Crippen molar-refractivity contribution < 1.29 is 29.1 Å². The summed E-state index contributed by atoms with van der Waals surface area (Å²) in [5.74, 6) is -2.55. The van der Waals surface area contributed by atoms with Gasteiger partial charge in [0.25, 0.3) is 11.8 Å². The number of nitrogen functional groups attached to an aromatic ring is 1. The summed E-state index contributed by atoms with van der Waals surface area (Å²) in [4.78, 5) is 45.9. The SMILES string of the molecule is CCO/N=C(\C(=O)N[C@@H]1C(=O)N2C(C(=O)O)=CCO[C@H]12)c1csc(N)n1. The van der Waals surface area contributed by atoms with Crippen molar-refractivity contribution in [2.75, 3.05) is 18.9 Å². The minimum atomic E-state index is -1.24. The fraction of sp³-hybridized carbons (Fsp3) is 0.357. The molecule has 1 saturated heterocycles. The largest absolute Gasteiger partial charge is 0.477 e. The van der Waals surface area contributed by atoms with Crippen LogP contribution in [0.3, 0.4) is 0 Å². The van der Waals surface area contributed by atoms with E-state index in [0.717, 1.165) is 16.2 Å². The van der Waals surface area contributed by atoms with E-state index >= 15 is 0 Å². The van der Waals surface area contributed by atoms with E-state index in [2.05, 4.69) is 15.5 Å². The molecule has 0 radical (unpaired) electrons. The van der Waals surface area contributed by atoms with Crippen molar-refractivity contribution in [1.29, 1.82) is 0 Å². The molecule has 0 spiro atoms. The molecule has 2 aliphatic rings. The number of nitrogens with one attached hydrogen (secondary N) is 1. The van der Waals surface area contributed by atoms with Crippen LogP contribution in [-0.4, -0.2) is 64.0 Å². The van der Waals surface area contributed by atoms with Crippen LogP contribution in [-0.2, 0) is 24.0 Å². The van der Waals surface area contributed by atoms with Gasteiger partial charge in [0.15, 0.2) is 23.1 Å². The quantitative estimate of drug-likeness (QED) is 0.326. The lowest BCUT2D eigenvalue weighted by atomic mass is 10.0. The van der Waals surface area contributed by atoms with Crippen molar-refractivity contribution in [3.63, 3.8) is 0 Å². The van der Waals surface area contributed by atoms with Gasteiger partial charge >= 0.3 is 5.97 Å². The normalized spacial score (nSPS) is 22.2. The number of rotatable bonds is 6. The highest BCUT2D eigenvalue weighted by molar-refractivity contribution is 7.13. The molecule has 0 bridgehead atoms. The number of hydrogen-bond acceptors (Lipinski definition) is 9. The van der Waals surface area contributed by atoms with Crippen LogP contribution in [0.2, 0.25) is 0 Å². The second-order valence-electron chi connectivity index (χ2n) is 5.21. The Kier molecular flexibility index (Phi) is 4.86. The maximum absolute atomic E-state index is 12.5. The van der Waals surface area contributed by atoms with Crippen molar-refractivity contribution in [3.05, 3.63) is 22.8 Å². The monoisotopic (exact) mass is 381 g/mol. The average molecular weight is 381 g/mol. The first-order chi connectivity index (χ1) is 12.4. The fourth-order valence-corrected chi connectivity index (χ4v) is 3.03. The van der Waals surface area contributed by atoms with Gasteiger partial charge in [-0.1, -0.05) is 5.16 Å². The van der Waals surface area contributed by atoms with E-state index in [1.54, 1.807) is 6.92 Å².